The largest absolute Gasteiger partial charge is 0.491 e. The molecule has 1 heterocycles. The fraction of sp³-hybridized carbons (Fsp3) is 0.500. The number of hydrogen-bond donors (Lipinski definition) is 1. The van der Waals surface area contributed by atoms with Gasteiger partial charge >= 0.3 is 0 Å². The molecule has 0 fully saturated rings. The van der Waals surface area contributed by atoms with Crippen LogP contribution in [0.15, 0.2) is 18.2 Å². The number of ether oxygens (including phenoxy) is 1. The van der Waals surface area contributed by atoms with E-state index in [9.17, 15) is 0 Å². The van der Waals surface area contributed by atoms with E-state index in [0.717, 1.165) is 31.0 Å². The van der Waals surface area contributed by atoms with Crippen LogP contribution in [0.3, 0.4) is 0 Å². The first-order valence-electron chi connectivity index (χ1n) is 5.34. The maximum atomic E-state index is 5.62. The van der Waals surface area contributed by atoms with Crippen LogP contribution in [-0.2, 0) is 0 Å². The van der Waals surface area contributed by atoms with Crippen molar-refractivity contribution in [1.29, 1.82) is 0 Å². The standard InChI is InChI=1S/C10H13NO.C2H6/c1-8-4-2-5-9-10(8)12-7-3-6-11-9;1-2/h2,4-5,11H,3,6-7H2,1H3;1-2H3. The molecular weight excluding hydrogens is 174 g/mol. The number of fused-ring (bicyclic) bond motifs is 1. The third-order valence-corrected chi connectivity index (χ3v) is 2.09. The molecule has 0 saturated heterocycles. The van der Waals surface area contributed by atoms with E-state index in [0.29, 0.717) is 0 Å². The Kier molecular flexibility index (Phi) is 4.30. The Morgan fingerprint density at radius 2 is 2.07 bits per heavy atom. The van der Waals surface area contributed by atoms with E-state index >= 15 is 0 Å². The summed E-state index contributed by atoms with van der Waals surface area (Å²) in [4.78, 5) is 0. The number of nitrogens with one attached hydrogen (secondary N) is 1. The summed E-state index contributed by atoms with van der Waals surface area (Å²) in [5, 5.41) is 3.34. The van der Waals surface area contributed by atoms with Gasteiger partial charge in [-0.05, 0) is 25.0 Å². The fourth-order valence-electron chi connectivity index (χ4n) is 1.45. The van der Waals surface area contributed by atoms with Crippen molar-refractivity contribution in [2.75, 3.05) is 18.5 Å². The number of aryl methyl sites for hydroxylation is 1. The number of rotatable bonds is 0. The lowest BCUT2D eigenvalue weighted by molar-refractivity contribution is 0.321. The summed E-state index contributed by atoms with van der Waals surface area (Å²) < 4.78 is 5.62. The molecule has 0 bridgehead atoms. The van der Waals surface area contributed by atoms with Crippen molar-refractivity contribution in [2.45, 2.75) is 27.2 Å². The van der Waals surface area contributed by atoms with Gasteiger partial charge in [0.05, 0.1) is 12.3 Å². The molecule has 2 heteroatoms. The Balaban J connectivity index is 0.000000461. The minimum absolute atomic E-state index is 0.824. The van der Waals surface area contributed by atoms with Gasteiger partial charge in [-0.1, -0.05) is 26.0 Å². The van der Waals surface area contributed by atoms with Crippen LogP contribution in [0, 0.1) is 6.92 Å². The molecule has 1 aromatic carbocycles. The smallest absolute Gasteiger partial charge is 0.145 e. The van der Waals surface area contributed by atoms with Gasteiger partial charge in [0.25, 0.3) is 0 Å². The van der Waals surface area contributed by atoms with Gasteiger partial charge in [0.1, 0.15) is 5.75 Å². The Morgan fingerprint density at radius 3 is 2.86 bits per heavy atom. The maximum absolute atomic E-state index is 5.62. The van der Waals surface area contributed by atoms with Crippen molar-refractivity contribution in [3.63, 3.8) is 0 Å². The minimum Gasteiger partial charge on any atom is -0.491 e. The van der Waals surface area contributed by atoms with Crippen LogP contribution >= 0.6 is 0 Å². The minimum atomic E-state index is 0.824. The zero-order valence-electron chi connectivity index (χ0n) is 9.26. The Hall–Kier alpha value is -1.18. The lowest BCUT2D eigenvalue weighted by Crippen LogP contribution is -1.99. The second-order valence-corrected chi connectivity index (χ2v) is 3.08. The van der Waals surface area contributed by atoms with Crippen LogP contribution in [0.2, 0.25) is 0 Å². The summed E-state index contributed by atoms with van der Waals surface area (Å²) in [6, 6.07) is 6.19. The van der Waals surface area contributed by atoms with E-state index in [1.54, 1.807) is 0 Å². The van der Waals surface area contributed by atoms with Crippen LogP contribution in [0.4, 0.5) is 5.69 Å². The SMILES string of the molecule is CC.Cc1cccc2c1OCCCN2. The quantitative estimate of drug-likeness (QED) is 0.683. The Bertz CT molecular complexity index is 284. The van der Waals surface area contributed by atoms with Crippen LogP contribution in [0.5, 0.6) is 5.75 Å². The van der Waals surface area contributed by atoms with E-state index in [2.05, 4.69) is 30.4 Å². The zero-order valence-corrected chi connectivity index (χ0v) is 9.26. The van der Waals surface area contributed by atoms with E-state index in [4.69, 9.17) is 4.74 Å². The van der Waals surface area contributed by atoms with Crippen molar-refractivity contribution in [2.24, 2.45) is 0 Å². The summed E-state index contributed by atoms with van der Waals surface area (Å²) in [6.45, 7) is 7.91. The third kappa shape index (κ3) is 2.41. The highest BCUT2D eigenvalue weighted by molar-refractivity contribution is 5.60. The molecule has 1 aliphatic rings. The van der Waals surface area contributed by atoms with E-state index in [1.807, 2.05) is 13.8 Å². The molecule has 2 nitrogen and oxygen atoms in total. The molecular formula is C12H19NO. The highest BCUT2D eigenvalue weighted by Gasteiger charge is 2.08. The van der Waals surface area contributed by atoms with E-state index in [1.165, 1.54) is 5.56 Å². The summed E-state index contributed by atoms with van der Waals surface area (Å²) in [5.74, 6) is 1.02. The third-order valence-electron chi connectivity index (χ3n) is 2.09. The first kappa shape index (κ1) is 10.9. The van der Waals surface area contributed by atoms with Crippen molar-refractivity contribution < 1.29 is 4.74 Å². The maximum Gasteiger partial charge on any atom is 0.145 e. The number of para-hydroxylation sites is 1. The van der Waals surface area contributed by atoms with Crippen LogP contribution in [-0.4, -0.2) is 13.2 Å². The van der Waals surface area contributed by atoms with Crippen LogP contribution in [0.25, 0.3) is 0 Å². The van der Waals surface area contributed by atoms with Crippen LogP contribution in [0.1, 0.15) is 25.8 Å². The molecule has 14 heavy (non-hydrogen) atoms. The van der Waals surface area contributed by atoms with E-state index < -0.39 is 0 Å². The predicted molar refractivity (Wildman–Crippen MR) is 61.1 cm³/mol. The molecule has 1 aromatic rings. The fourth-order valence-corrected chi connectivity index (χ4v) is 1.45. The predicted octanol–water partition coefficient (Wildman–Crippen LogP) is 3.22. The van der Waals surface area contributed by atoms with Gasteiger partial charge in [0.15, 0.2) is 0 Å². The van der Waals surface area contributed by atoms with E-state index in [-0.39, 0.29) is 0 Å². The van der Waals surface area contributed by atoms with Gasteiger partial charge in [-0.2, -0.15) is 0 Å². The molecule has 0 aromatic heterocycles. The first-order valence-corrected chi connectivity index (χ1v) is 5.34. The second-order valence-electron chi connectivity index (χ2n) is 3.08. The van der Waals surface area contributed by atoms with Gasteiger partial charge in [-0.3, -0.25) is 0 Å². The first-order chi connectivity index (χ1) is 6.88. The monoisotopic (exact) mass is 193 g/mol. The van der Waals surface area contributed by atoms with Crippen molar-refractivity contribution in [3.8, 4) is 5.75 Å². The normalized spacial score (nSPS) is 13.6. The molecule has 1 aliphatic heterocycles. The lowest BCUT2D eigenvalue weighted by Gasteiger charge is -2.09. The second kappa shape index (κ2) is 5.53. The van der Waals surface area contributed by atoms with Gasteiger partial charge in [-0.25, -0.2) is 0 Å². The summed E-state index contributed by atoms with van der Waals surface area (Å²) in [6.07, 6.45) is 1.08. The number of benzene rings is 1. The highest BCUT2D eigenvalue weighted by atomic mass is 16.5. The summed E-state index contributed by atoms with van der Waals surface area (Å²) in [5.41, 5.74) is 2.34. The van der Waals surface area contributed by atoms with Gasteiger partial charge in [0.2, 0.25) is 0 Å². The summed E-state index contributed by atoms with van der Waals surface area (Å²) in [7, 11) is 0. The number of hydrogen-bond acceptors (Lipinski definition) is 2. The van der Waals surface area contributed by atoms with Gasteiger partial charge in [-0.15, -0.1) is 0 Å². The average molecular weight is 193 g/mol. The molecule has 0 atom stereocenters. The Morgan fingerprint density at radius 1 is 1.29 bits per heavy atom. The topological polar surface area (TPSA) is 21.3 Å². The molecule has 0 saturated carbocycles. The van der Waals surface area contributed by atoms with Crippen molar-refractivity contribution in [3.05, 3.63) is 23.8 Å². The molecule has 0 unspecified atom stereocenters. The average Bonchev–Trinajstić information content (AvgIpc) is 2.47. The molecule has 78 valence electrons. The zero-order chi connectivity index (χ0) is 10.4. The summed E-state index contributed by atoms with van der Waals surface area (Å²) >= 11 is 0. The Labute approximate surface area is 86.3 Å². The number of anilines is 1. The van der Waals surface area contributed by atoms with Crippen molar-refractivity contribution in [1.82, 2.24) is 0 Å². The molecule has 2 rings (SSSR count). The molecule has 0 aliphatic carbocycles. The van der Waals surface area contributed by atoms with Gasteiger partial charge in [0, 0.05) is 6.54 Å². The molecule has 0 radical (unpaired) electrons. The van der Waals surface area contributed by atoms with Crippen molar-refractivity contribution >= 4 is 5.69 Å². The highest BCUT2D eigenvalue weighted by Crippen LogP contribution is 2.29. The van der Waals surface area contributed by atoms with Gasteiger partial charge < -0.3 is 10.1 Å². The molecule has 0 spiro atoms. The molecule has 1 N–H and O–H groups in total. The van der Waals surface area contributed by atoms with Crippen LogP contribution < -0.4 is 10.1 Å². The molecule has 0 amide bonds. The lowest BCUT2D eigenvalue weighted by atomic mass is 10.2.